The van der Waals surface area contributed by atoms with Crippen molar-refractivity contribution in [1.82, 2.24) is 9.55 Å². The number of ether oxygens (including phenoxy) is 1. The van der Waals surface area contributed by atoms with Crippen molar-refractivity contribution in [1.29, 1.82) is 0 Å². The van der Waals surface area contributed by atoms with Crippen LogP contribution in [-0.4, -0.2) is 16.2 Å². The van der Waals surface area contributed by atoms with Crippen molar-refractivity contribution >= 4 is 66.5 Å². The Morgan fingerprint density at radius 3 is 1.91 bits per heavy atom. The Labute approximate surface area is 397 Å². The number of benzene rings is 8. The first-order valence-corrected chi connectivity index (χ1v) is 23.5. The first-order chi connectivity index (χ1) is 32.9. The minimum Gasteiger partial charge on any atom is -0.457 e. The molecule has 0 spiro atoms. The van der Waals surface area contributed by atoms with E-state index in [1.807, 2.05) is 18.3 Å². The molecule has 0 N–H and O–H groups in total. The lowest BCUT2D eigenvalue weighted by atomic mass is 9.86. The summed E-state index contributed by atoms with van der Waals surface area (Å²) in [4.78, 5) is 9.87. The van der Waals surface area contributed by atoms with Gasteiger partial charge in [0, 0.05) is 35.1 Å². The maximum atomic E-state index is 6.87. The fraction of sp³-hybridized carbons (Fsp3) is 0.145. The molecule has 1 aliphatic rings. The Bertz CT molecular complexity index is 3660. The van der Waals surface area contributed by atoms with Gasteiger partial charge < -0.3 is 19.0 Å². The van der Waals surface area contributed by atoms with Crippen molar-refractivity contribution in [3.05, 3.63) is 205 Å². The summed E-state index contributed by atoms with van der Waals surface area (Å²) in [7, 11) is 0. The molecular weight excluding hydrogens is 833 g/mol. The lowest BCUT2D eigenvalue weighted by Crippen LogP contribution is -2.24. The fourth-order valence-electron chi connectivity index (χ4n) is 9.95. The van der Waals surface area contributed by atoms with E-state index in [1.165, 1.54) is 39.1 Å². The Morgan fingerprint density at radius 1 is 0.500 bits per heavy atom. The summed E-state index contributed by atoms with van der Waals surface area (Å²) in [5.74, 6) is 2.31. The number of furan rings is 1. The topological polar surface area (TPSA) is 46.7 Å². The Kier molecular flexibility index (Phi) is 9.59. The third-order valence-corrected chi connectivity index (χ3v) is 13.6. The first kappa shape index (κ1) is 41.3. The fourth-order valence-corrected chi connectivity index (χ4v) is 9.95. The molecule has 0 saturated heterocycles. The zero-order valence-corrected chi connectivity index (χ0v) is 39.3. The summed E-state index contributed by atoms with van der Waals surface area (Å²) < 4.78 is 15.9. The number of pyridine rings is 1. The smallest absolute Gasteiger partial charge is 0.161 e. The molecule has 332 valence electrons. The van der Waals surface area contributed by atoms with Gasteiger partial charge in [-0.05, 0) is 128 Å². The molecule has 4 heterocycles. The van der Waals surface area contributed by atoms with Crippen molar-refractivity contribution in [3.63, 3.8) is 0 Å². The van der Waals surface area contributed by atoms with E-state index in [2.05, 4.69) is 232 Å². The van der Waals surface area contributed by atoms with E-state index in [1.54, 1.807) is 0 Å². The molecule has 0 fully saturated rings. The maximum absolute atomic E-state index is 6.87. The van der Waals surface area contributed by atoms with E-state index in [-0.39, 0.29) is 10.8 Å². The highest BCUT2D eigenvalue weighted by Crippen LogP contribution is 2.49. The lowest BCUT2D eigenvalue weighted by Gasteiger charge is -2.24. The molecule has 68 heavy (non-hydrogen) atoms. The predicted molar refractivity (Wildman–Crippen MR) is 283 cm³/mol. The van der Waals surface area contributed by atoms with E-state index in [0.29, 0.717) is 6.67 Å². The molecule has 0 radical (unpaired) electrons. The molecule has 0 amide bonds. The lowest BCUT2D eigenvalue weighted by molar-refractivity contribution is 0.483. The van der Waals surface area contributed by atoms with Crippen molar-refractivity contribution < 1.29 is 9.15 Å². The zero-order chi connectivity index (χ0) is 46.3. The van der Waals surface area contributed by atoms with Gasteiger partial charge in [0.05, 0.1) is 22.3 Å². The Balaban J connectivity index is 0.958. The normalized spacial score (nSPS) is 13.0. The maximum Gasteiger partial charge on any atom is 0.161 e. The second kappa shape index (κ2) is 15.8. The van der Waals surface area contributed by atoms with Gasteiger partial charge in [0.15, 0.2) is 5.58 Å². The highest BCUT2D eigenvalue weighted by Gasteiger charge is 2.31. The highest BCUT2D eigenvalue weighted by molar-refractivity contribution is 6.24. The zero-order valence-electron chi connectivity index (χ0n) is 39.3. The van der Waals surface area contributed by atoms with Crippen molar-refractivity contribution in [2.75, 3.05) is 16.5 Å². The quantitative estimate of drug-likeness (QED) is 0.160. The molecule has 0 atom stereocenters. The van der Waals surface area contributed by atoms with Gasteiger partial charge >= 0.3 is 0 Å². The van der Waals surface area contributed by atoms with E-state index in [9.17, 15) is 0 Å². The molecule has 1 aliphatic heterocycles. The van der Waals surface area contributed by atoms with Crippen LogP contribution in [0.3, 0.4) is 0 Å². The third kappa shape index (κ3) is 7.15. The van der Waals surface area contributed by atoms with Crippen LogP contribution in [0, 0.1) is 0 Å². The average Bonchev–Trinajstić information content (AvgIpc) is 4.03. The van der Waals surface area contributed by atoms with E-state index in [0.717, 1.165) is 78.1 Å². The number of anilines is 4. The summed E-state index contributed by atoms with van der Waals surface area (Å²) in [5.41, 5.74) is 15.3. The third-order valence-electron chi connectivity index (χ3n) is 13.6. The van der Waals surface area contributed by atoms with Crippen molar-refractivity contribution in [2.24, 2.45) is 0 Å². The number of nitrogens with zero attached hydrogens (tertiary/aromatic N) is 4. The molecule has 0 unspecified atom stereocenters. The van der Waals surface area contributed by atoms with Gasteiger partial charge in [-0.3, -0.25) is 4.57 Å². The van der Waals surface area contributed by atoms with Crippen LogP contribution in [-0.2, 0) is 10.8 Å². The molecule has 12 rings (SSSR count). The molecule has 0 bridgehead atoms. The number of aromatic nitrogens is 2. The van der Waals surface area contributed by atoms with Gasteiger partial charge in [-0.1, -0.05) is 145 Å². The van der Waals surface area contributed by atoms with Gasteiger partial charge in [0.1, 0.15) is 35.1 Å². The average molecular weight is 885 g/mol. The van der Waals surface area contributed by atoms with Crippen LogP contribution in [0.5, 0.6) is 11.5 Å². The van der Waals surface area contributed by atoms with Crippen LogP contribution in [0.2, 0.25) is 0 Å². The number of hydrogen-bond donors (Lipinski definition) is 0. The summed E-state index contributed by atoms with van der Waals surface area (Å²) in [5, 5.41) is 4.38. The number of fused-ring (bicyclic) bond motifs is 8. The standard InChI is InChI=1S/C62H52N4O2/c1-61(2,3)45-25-28-53-55(35-45)65(48-33-43(40-16-9-7-10-17-40)32-44(34-48)41-18-11-8-12-19-41)39-64(53)47-21-15-22-49(37-47)67-50-26-27-52-54(38-50)66(57-36-46(30-31-63-57)62(4,5)6)59-58-51-23-14-13-20-42(51)24-29-56(58)68-60(52)59/h7-38H,39H2,1-6H3. The Hall–Kier alpha value is -8.09. The predicted octanol–water partition coefficient (Wildman–Crippen LogP) is 17.0. The first-order valence-electron chi connectivity index (χ1n) is 23.5. The molecule has 0 aliphatic carbocycles. The molecule has 6 nitrogen and oxygen atoms in total. The molecule has 6 heteroatoms. The van der Waals surface area contributed by atoms with Crippen LogP contribution in [0.1, 0.15) is 52.7 Å². The second-order valence-corrected chi connectivity index (χ2v) is 20.2. The SMILES string of the molecule is CC(C)(C)c1ccnc(-n2c3cc(Oc4cccc(N5CN(c6cc(-c7ccccc7)cc(-c7ccccc7)c6)c6cc(C(C)(C)C)ccc65)c4)ccc3c3oc4ccc5ccccc5c4c32)c1. The molecule has 8 aromatic carbocycles. The van der Waals surface area contributed by atoms with Crippen LogP contribution < -0.4 is 14.5 Å². The molecular formula is C62H52N4O2. The number of hydrogen-bond acceptors (Lipinski definition) is 5. The summed E-state index contributed by atoms with van der Waals surface area (Å²) in [6.07, 6.45) is 1.92. The van der Waals surface area contributed by atoms with Crippen LogP contribution >= 0.6 is 0 Å². The molecule has 3 aromatic heterocycles. The van der Waals surface area contributed by atoms with Crippen LogP contribution in [0.25, 0.3) is 71.8 Å². The van der Waals surface area contributed by atoms with E-state index in [4.69, 9.17) is 14.1 Å². The second-order valence-electron chi connectivity index (χ2n) is 20.2. The minimum absolute atomic E-state index is 0.0289. The number of rotatable bonds is 7. The summed E-state index contributed by atoms with van der Waals surface area (Å²) in [6, 6.07) is 67.1. The molecule has 11 aromatic rings. The van der Waals surface area contributed by atoms with Gasteiger partial charge in [0.2, 0.25) is 0 Å². The van der Waals surface area contributed by atoms with Gasteiger partial charge in [-0.25, -0.2) is 4.98 Å². The van der Waals surface area contributed by atoms with Gasteiger partial charge in [0.25, 0.3) is 0 Å². The largest absolute Gasteiger partial charge is 0.457 e. The van der Waals surface area contributed by atoms with Crippen molar-refractivity contribution in [3.8, 4) is 39.6 Å². The van der Waals surface area contributed by atoms with E-state index >= 15 is 0 Å². The van der Waals surface area contributed by atoms with Crippen LogP contribution in [0.4, 0.5) is 22.7 Å². The van der Waals surface area contributed by atoms with Crippen molar-refractivity contribution in [2.45, 2.75) is 52.4 Å². The summed E-state index contributed by atoms with van der Waals surface area (Å²) in [6.45, 7) is 14.2. The van der Waals surface area contributed by atoms with Gasteiger partial charge in [-0.15, -0.1) is 0 Å². The van der Waals surface area contributed by atoms with Crippen LogP contribution in [0.15, 0.2) is 199 Å². The monoisotopic (exact) mass is 884 g/mol. The Morgan fingerprint density at radius 2 is 1.18 bits per heavy atom. The summed E-state index contributed by atoms with van der Waals surface area (Å²) >= 11 is 0. The highest BCUT2D eigenvalue weighted by atomic mass is 16.5. The minimum atomic E-state index is -0.0662. The molecule has 0 saturated carbocycles. The van der Waals surface area contributed by atoms with Gasteiger partial charge in [-0.2, -0.15) is 0 Å². The van der Waals surface area contributed by atoms with E-state index < -0.39 is 0 Å².